The van der Waals surface area contributed by atoms with Gasteiger partial charge in [0, 0.05) is 26.2 Å². The second kappa shape index (κ2) is 12.9. The third-order valence-corrected chi connectivity index (χ3v) is 2.02. The third-order valence-electron chi connectivity index (χ3n) is 2.02. The smallest absolute Gasteiger partial charge is 0.407 e. The van der Waals surface area contributed by atoms with E-state index in [2.05, 4.69) is 20.9 Å². The van der Waals surface area contributed by atoms with Gasteiger partial charge in [-0.05, 0) is 34.1 Å². The molecule has 0 spiro atoms. The molecule has 0 heterocycles. The summed E-state index contributed by atoms with van der Waals surface area (Å²) < 4.78 is 5.12. The molecule has 0 aromatic heterocycles. The summed E-state index contributed by atoms with van der Waals surface area (Å²) in [5.74, 6) is 0.666. The van der Waals surface area contributed by atoms with Crippen molar-refractivity contribution < 1.29 is 14.6 Å². The molecule has 0 atom stereocenters. The lowest BCUT2D eigenvalue weighted by Gasteiger charge is -2.19. The average molecular weight is 416 g/mol. The Labute approximate surface area is 144 Å². The van der Waals surface area contributed by atoms with Crippen molar-refractivity contribution in [3.63, 3.8) is 0 Å². The first-order valence-corrected chi connectivity index (χ1v) is 6.99. The molecule has 0 aromatic carbocycles. The van der Waals surface area contributed by atoms with Crippen LogP contribution >= 0.6 is 24.0 Å². The summed E-state index contributed by atoms with van der Waals surface area (Å²) in [5.41, 5.74) is -0.478. The molecule has 0 aromatic rings. The Kier molecular flexibility index (Phi) is 13.9. The van der Waals surface area contributed by atoms with Gasteiger partial charge in [-0.15, -0.1) is 24.0 Å². The lowest BCUT2D eigenvalue weighted by Crippen LogP contribution is -2.39. The third kappa shape index (κ3) is 15.4. The molecule has 0 aliphatic carbocycles. The summed E-state index contributed by atoms with van der Waals surface area (Å²) in [5, 5.41) is 17.5. The standard InChI is InChI=1S/C13H28N4O3.HI/c1-5-14-11(16-9-10-18)15-7-6-8-17-12(19)20-13(2,3)4;/h18H,5-10H2,1-4H3,(H,17,19)(H2,14,15,16);1H. The number of aliphatic imine (C=N–C) groups is 1. The molecule has 0 rings (SSSR count). The van der Waals surface area contributed by atoms with Crippen molar-refractivity contribution in [3.8, 4) is 0 Å². The zero-order valence-corrected chi connectivity index (χ0v) is 15.7. The second-order valence-electron chi connectivity index (χ2n) is 5.19. The van der Waals surface area contributed by atoms with Crippen molar-refractivity contribution in [2.75, 3.05) is 32.8 Å². The first-order valence-electron chi connectivity index (χ1n) is 6.99. The molecule has 0 aliphatic heterocycles. The fraction of sp³-hybridized carbons (Fsp3) is 0.846. The van der Waals surface area contributed by atoms with Crippen molar-refractivity contribution in [2.24, 2.45) is 4.99 Å². The van der Waals surface area contributed by atoms with Crippen LogP contribution in [0.2, 0.25) is 0 Å². The van der Waals surface area contributed by atoms with E-state index >= 15 is 0 Å². The number of aliphatic hydroxyl groups excluding tert-OH is 1. The van der Waals surface area contributed by atoms with Gasteiger partial charge in [-0.2, -0.15) is 0 Å². The van der Waals surface area contributed by atoms with Crippen LogP contribution < -0.4 is 16.0 Å². The average Bonchev–Trinajstić information content (AvgIpc) is 2.33. The van der Waals surface area contributed by atoms with Gasteiger partial charge in [-0.1, -0.05) is 0 Å². The number of hydrogen-bond acceptors (Lipinski definition) is 4. The number of aliphatic hydroxyl groups is 1. The lowest BCUT2D eigenvalue weighted by molar-refractivity contribution is 0.0527. The molecule has 8 heteroatoms. The minimum Gasteiger partial charge on any atom is -0.444 e. The highest BCUT2D eigenvalue weighted by Crippen LogP contribution is 2.06. The van der Waals surface area contributed by atoms with E-state index in [1.165, 1.54) is 0 Å². The topological polar surface area (TPSA) is 95.0 Å². The minimum atomic E-state index is -0.478. The van der Waals surface area contributed by atoms with Crippen LogP contribution in [-0.4, -0.2) is 55.5 Å². The Morgan fingerprint density at radius 3 is 2.38 bits per heavy atom. The lowest BCUT2D eigenvalue weighted by atomic mass is 10.2. The van der Waals surface area contributed by atoms with Crippen LogP contribution in [0.3, 0.4) is 0 Å². The number of nitrogens with zero attached hydrogens (tertiary/aromatic N) is 1. The van der Waals surface area contributed by atoms with Crippen molar-refractivity contribution in [1.82, 2.24) is 16.0 Å². The number of carbonyl (C=O) groups excluding carboxylic acids is 1. The van der Waals surface area contributed by atoms with Crippen molar-refractivity contribution in [3.05, 3.63) is 0 Å². The number of alkyl carbamates (subject to hydrolysis) is 1. The molecule has 0 aliphatic rings. The molecule has 0 unspecified atom stereocenters. The monoisotopic (exact) mass is 416 g/mol. The quantitative estimate of drug-likeness (QED) is 0.216. The van der Waals surface area contributed by atoms with Gasteiger partial charge in [0.2, 0.25) is 0 Å². The Morgan fingerprint density at radius 2 is 1.86 bits per heavy atom. The van der Waals surface area contributed by atoms with Crippen LogP contribution in [0.1, 0.15) is 34.1 Å². The predicted molar refractivity (Wildman–Crippen MR) is 95.3 cm³/mol. The van der Waals surface area contributed by atoms with E-state index in [9.17, 15) is 4.79 Å². The highest BCUT2D eigenvalue weighted by Gasteiger charge is 2.15. The molecule has 0 saturated carbocycles. The van der Waals surface area contributed by atoms with Gasteiger partial charge in [0.15, 0.2) is 5.96 Å². The van der Waals surface area contributed by atoms with Crippen LogP contribution in [0, 0.1) is 0 Å². The number of amides is 1. The number of ether oxygens (including phenoxy) is 1. The maximum atomic E-state index is 11.4. The van der Waals surface area contributed by atoms with Gasteiger partial charge in [-0.3, -0.25) is 4.99 Å². The largest absolute Gasteiger partial charge is 0.444 e. The molecule has 0 fully saturated rings. The number of guanidine groups is 1. The van der Waals surface area contributed by atoms with E-state index in [-0.39, 0.29) is 30.6 Å². The molecule has 0 saturated heterocycles. The molecular weight excluding hydrogens is 387 g/mol. The molecule has 1 amide bonds. The Morgan fingerprint density at radius 1 is 1.19 bits per heavy atom. The van der Waals surface area contributed by atoms with Crippen LogP contribution in [0.5, 0.6) is 0 Å². The summed E-state index contributed by atoms with van der Waals surface area (Å²) in [6.07, 6.45) is 0.307. The van der Waals surface area contributed by atoms with Crippen molar-refractivity contribution in [1.29, 1.82) is 0 Å². The fourth-order valence-corrected chi connectivity index (χ4v) is 1.29. The maximum Gasteiger partial charge on any atom is 0.407 e. The summed E-state index contributed by atoms with van der Waals surface area (Å²) in [4.78, 5) is 15.7. The fourth-order valence-electron chi connectivity index (χ4n) is 1.29. The van der Waals surface area contributed by atoms with E-state index in [0.717, 1.165) is 13.0 Å². The molecule has 4 N–H and O–H groups in total. The molecule has 21 heavy (non-hydrogen) atoms. The van der Waals surface area contributed by atoms with Gasteiger partial charge < -0.3 is 25.8 Å². The Balaban J connectivity index is 0. The maximum absolute atomic E-state index is 11.4. The molecule has 7 nitrogen and oxygen atoms in total. The zero-order chi connectivity index (χ0) is 15.4. The van der Waals surface area contributed by atoms with E-state index in [4.69, 9.17) is 9.84 Å². The highest BCUT2D eigenvalue weighted by molar-refractivity contribution is 14.0. The van der Waals surface area contributed by atoms with Crippen molar-refractivity contribution in [2.45, 2.75) is 39.7 Å². The summed E-state index contributed by atoms with van der Waals surface area (Å²) in [6, 6.07) is 0. The minimum absolute atomic E-state index is 0. The zero-order valence-electron chi connectivity index (χ0n) is 13.4. The van der Waals surface area contributed by atoms with Gasteiger partial charge in [0.25, 0.3) is 0 Å². The first-order chi connectivity index (χ1) is 9.39. The van der Waals surface area contributed by atoms with Gasteiger partial charge in [-0.25, -0.2) is 4.79 Å². The summed E-state index contributed by atoms with van der Waals surface area (Å²) in [7, 11) is 0. The SMILES string of the molecule is CCNC(=NCCCNC(=O)OC(C)(C)C)NCCO.I. The number of nitrogens with one attached hydrogen (secondary N) is 3. The predicted octanol–water partition coefficient (Wildman–Crippen LogP) is 1.07. The van der Waals surface area contributed by atoms with Crippen LogP contribution in [-0.2, 0) is 4.74 Å². The Bertz CT molecular complexity index is 306. The molecule has 0 bridgehead atoms. The van der Waals surface area contributed by atoms with Gasteiger partial charge >= 0.3 is 6.09 Å². The van der Waals surface area contributed by atoms with Crippen molar-refractivity contribution >= 4 is 36.0 Å². The number of hydrogen-bond donors (Lipinski definition) is 4. The number of halogens is 1. The van der Waals surface area contributed by atoms with Gasteiger partial charge in [0.05, 0.1) is 6.61 Å². The first kappa shape index (κ1) is 22.5. The summed E-state index contributed by atoms with van der Waals surface area (Å²) in [6.45, 7) is 9.82. The van der Waals surface area contributed by atoms with E-state index < -0.39 is 11.7 Å². The molecule has 126 valence electrons. The van der Waals surface area contributed by atoms with E-state index in [1.54, 1.807) is 0 Å². The number of carbonyl (C=O) groups is 1. The normalized spacial score (nSPS) is 11.4. The van der Waals surface area contributed by atoms with E-state index in [0.29, 0.717) is 25.6 Å². The van der Waals surface area contributed by atoms with E-state index in [1.807, 2.05) is 27.7 Å². The number of rotatable bonds is 7. The van der Waals surface area contributed by atoms with Crippen LogP contribution in [0.4, 0.5) is 4.79 Å². The molecule has 0 radical (unpaired) electrons. The summed E-state index contributed by atoms with van der Waals surface area (Å²) >= 11 is 0. The van der Waals surface area contributed by atoms with Gasteiger partial charge in [0.1, 0.15) is 5.60 Å². The Hall–Kier alpha value is -0.770. The second-order valence-corrected chi connectivity index (χ2v) is 5.19. The van der Waals surface area contributed by atoms with Crippen LogP contribution in [0.25, 0.3) is 0 Å². The molecular formula is C13H29IN4O3. The highest BCUT2D eigenvalue weighted by atomic mass is 127. The van der Waals surface area contributed by atoms with Crippen LogP contribution in [0.15, 0.2) is 4.99 Å².